The number of nitrogens with one attached hydrogen (secondary N) is 2. The third kappa shape index (κ3) is 12.9. The van der Waals surface area contributed by atoms with Gasteiger partial charge in [0, 0.05) is 53.1 Å². The minimum absolute atomic E-state index is 0.299. The Kier molecular flexibility index (Phi) is 14.2. The zero-order chi connectivity index (χ0) is 34.3. The Morgan fingerprint density at radius 3 is 1.20 bits per heavy atom. The number of hydrogen-bond donors (Lipinski definition) is 10. The van der Waals surface area contributed by atoms with Gasteiger partial charge in [0.25, 0.3) is 11.8 Å². The highest BCUT2D eigenvalue weighted by atomic mass is 31.2. The van der Waals surface area contributed by atoms with Gasteiger partial charge in [-0.05, 0) is 12.1 Å². The van der Waals surface area contributed by atoms with Crippen molar-refractivity contribution in [1.82, 2.24) is 25.4 Å². The van der Waals surface area contributed by atoms with Gasteiger partial charge < -0.3 is 59.6 Å². The van der Waals surface area contributed by atoms with E-state index < -0.39 is 91.0 Å². The predicted octanol–water partition coefficient (Wildman–Crippen LogP) is -2.40. The summed E-state index contributed by atoms with van der Waals surface area (Å²) >= 11 is 0. The maximum absolute atomic E-state index is 12.5. The van der Waals surface area contributed by atoms with E-state index in [0.29, 0.717) is 9.80 Å². The van der Waals surface area contributed by atoms with E-state index in [2.05, 4.69) is 15.6 Å². The quantitative estimate of drug-likeness (QED) is 0.0799. The van der Waals surface area contributed by atoms with Crippen LogP contribution in [0.25, 0.3) is 0 Å². The van der Waals surface area contributed by atoms with E-state index >= 15 is 0 Å². The van der Waals surface area contributed by atoms with Gasteiger partial charge in [0.1, 0.15) is 11.4 Å². The van der Waals surface area contributed by atoms with E-state index in [0.717, 1.165) is 13.8 Å². The lowest BCUT2D eigenvalue weighted by molar-refractivity contribution is -0.129. The number of rotatable bonds is 16. The van der Waals surface area contributed by atoms with Gasteiger partial charge in [0.15, 0.2) is 10.8 Å². The molecule has 0 aliphatic rings. The van der Waals surface area contributed by atoms with Crippen LogP contribution in [0.5, 0.6) is 0 Å². The molecular weight excluding hydrogens is 678 g/mol. The molecule has 0 aromatic carbocycles. The lowest BCUT2D eigenvalue weighted by Gasteiger charge is -2.27. The molecule has 0 fully saturated rings. The fourth-order valence-electron chi connectivity index (χ4n) is 3.44. The topological polar surface area (TPSA) is 342 Å². The van der Waals surface area contributed by atoms with Crippen molar-refractivity contribution in [3.63, 3.8) is 0 Å². The van der Waals surface area contributed by atoms with Gasteiger partial charge in [-0.2, -0.15) is 0 Å². The van der Waals surface area contributed by atoms with Crippen molar-refractivity contribution in [1.29, 1.82) is 0 Å². The largest absolute Gasteiger partial charge is 0.349 e. The molecule has 0 atom stereocenters. The summed E-state index contributed by atoms with van der Waals surface area (Å²) in [4.78, 5) is 128. The Bertz CT molecular complexity index is 1270. The van der Waals surface area contributed by atoms with Crippen molar-refractivity contribution in [3.8, 4) is 0 Å². The maximum atomic E-state index is 12.5. The van der Waals surface area contributed by atoms with Gasteiger partial charge in [-0.25, -0.2) is 4.98 Å². The first-order chi connectivity index (χ1) is 19.9. The fraction of sp³-hybridized carbons (Fsp3) is 0.526. The van der Waals surface area contributed by atoms with Crippen LogP contribution in [0.2, 0.25) is 0 Å². The van der Waals surface area contributed by atoms with Crippen LogP contribution in [0.1, 0.15) is 34.8 Å². The number of pyridine rings is 1. The smallest absolute Gasteiger partial charge is 0.342 e. The standard InChI is InChI=1S/C19H33N5O16P4/c1-12(25)23(10-16(41(29,30)31)42(32,33)34)8-6-20-18(27)14-4-3-5-15(22-14)19(28)21-7-9-24(13(2)26)11-17(43(35,36)37)44(38,39)40/h3-5,16-17H,6-11H2,1-2H3,(H,20,27)(H,21,28)(H2,29,30,31)(H2,32,33,34)(H2,35,36,37)(H2,38,39,40). The summed E-state index contributed by atoms with van der Waals surface area (Å²) in [7, 11) is -21.3. The lowest BCUT2D eigenvalue weighted by atomic mass is 10.2. The Morgan fingerprint density at radius 1 is 0.659 bits per heavy atom. The van der Waals surface area contributed by atoms with E-state index in [1.807, 2.05) is 0 Å². The molecule has 1 aromatic rings. The molecule has 1 aromatic heterocycles. The molecular formula is C19H33N5O16P4. The molecule has 1 rings (SSSR count). The van der Waals surface area contributed by atoms with E-state index in [1.54, 1.807) is 0 Å². The molecule has 250 valence electrons. The second kappa shape index (κ2) is 15.8. The first-order valence-electron chi connectivity index (χ1n) is 12.1. The monoisotopic (exact) mass is 711 g/mol. The average Bonchev–Trinajstić information content (AvgIpc) is 2.84. The van der Waals surface area contributed by atoms with E-state index in [9.17, 15) is 76.6 Å². The highest BCUT2D eigenvalue weighted by molar-refractivity contribution is 7.71. The van der Waals surface area contributed by atoms with Gasteiger partial charge in [0.2, 0.25) is 11.8 Å². The summed E-state index contributed by atoms with van der Waals surface area (Å²) in [5, 5.41) is -0.303. The highest BCUT2D eigenvalue weighted by Crippen LogP contribution is 2.60. The van der Waals surface area contributed by atoms with Gasteiger partial charge >= 0.3 is 30.4 Å². The first kappa shape index (κ1) is 39.7. The fourth-order valence-corrected chi connectivity index (χ4v) is 8.22. The van der Waals surface area contributed by atoms with Crippen LogP contribution in [-0.2, 0) is 27.8 Å². The number of amides is 4. The van der Waals surface area contributed by atoms with Crippen LogP contribution >= 0.6 is 30.4 Å². The molecule has 0 saturated carbocycles. The third-order valence-electron chi connectivity index (χ3n) is 5.76. The number of carbonyl (C=O) groups is 4. The van der Waals surface area contributed by atoms with Crippen LogP contribution in [0.15, 0.2) is 18.2 Å². The van der Waals surface area contributed by atoms with Crippen LogP contribution in [-0.4, -0.2) is 128 Å². The molecule has 0 saturated heterocycles. The van der Waals surface area contributed by atoms with Crippen molar-refractivity contribution in [2.75, 3.05) is 39.3 Å². The number of hydrogen-bond acceptors (Lipinski definition) is 9. The molecule has 0 spiro atoms. The summed E-state index contributed by atoms with van der Waals surface area (Å²) in [6.07, 6.45) is 0. The van der Waals surface area contributed by atoms with E-state index in [-0.39, 0.29) is 24.5 Å². The summed E-state index contributed by atoms with van der Waals surface area (Å²) in [5.74, 6) is -3.34. The van der Waals surface area contributed by atoms with E-state index in [1.165, 1.54) is 18.2 Å². The average molecular weight is 711 g/mol. The van der Waals surface area contributed by atoms with E-state index in [4.69, 9.17) is 0 Å². The summed E-state index contributed by atoms with van der Waals surface area (Å²) in [6, 6.07) is 3.68. The molecule has 4 amide bonds. The van der Waals surface area contributed by atoms with Crippen molar-refractivity contribution >= 4 is 54.0 Å². The summed E-state index contributed by atoms with van der Waals surface area (Å²) < 4.78 is 46.1. The number of nitrogens with zero attached hydrogens (tertiary/aromatic N) is 3. The molecule has 44 heavy (non-hydrogen) atoms. The van der Waals surface area contributed by atoms with Crippen LogP contribution in [0.4, 0.5) is 0 Å². The van der Waals surface area contributed by atoms with Crippen molar-refractivity contribution in [3.05, 3.63) is 29.6 Å². The van der Waals surface area contributed by atoms with Crippen LogP contribution in [0, 0.1) is 0 Å². The second-order valence-electron chi connectivity index (χ2n) is 9.17. The Labute approximate surface area is 249 Å². The second-order valence-corrected chi connectivity index (χ2v) is 17.2. The van der Waals surface area contributed by atoms with Crippen molar-refractivity contribution in [2.45, 2.75) is 24.6 Å². The number of aromatic nitrogens is 1. The van der Waals surface area contributed by atoms with Gasteiger partial charge in [0.05, 0.1) is 0 Å². The first-order valence-corrected chi connectivity index (χ1v) is 18.8. The summed E-state index contributed by atoms with van der Waals surface area (Å²) in [6.45, 7) is -1.57. The van der Waals surface area contributed by atoms with Gasteiger partial charge in [-0.1, -0.05) is 6.07 Å². The summed E-state index contributed by atoms with van der Waals surface area (Å²) in [5.41, 5.74) is -0.598. The molecule has 0 bridgehead atoms. The molecule has 0 unspecified atom stereocenters. The molecule has 0 aliphatic carbocycles. The molecule has 1 heterocycles. The van der Waals surface area contributed by atoms with Crippen molar-refractivity contribution < 1.29 is 76.6 Å². The Balaban J connectivity index is 2.84. The minimum atomic E-state index is -5.32. The van der Waals surface area contributed by atoms with Gasteiger partial charge in [-0.3, -0.25) is 37.4 Å². The molecule has 25 heteroatoms. The Morgan fingerprint density at radius 2 is 0.955 bits per heavy atom. The lowest BCUT2D eigenvalue weighted by Crippen LogP contribution is -2.42. The zero-order valence-electron chi connectivity index (χ0n) is 23.1. The third-order valence-corrected chi connectivity index (χ3v) is 13.1. The molecule has 0 radical (unpaired) electrons. The zero-order valence-corrected chi connectivity index (χ0v) is 26.7. The molecule has 10 N–H and O–H groups in total. The van der Waals surface area contributed by atoms with Crippen LogP contribution in [0.3, 0.4) is 0 Å². The molecule has 21 nitrogen and oxygen atoms in total. The molecule has 0 aliphatic heterocycles. The predicted molar refractivity (Wildman–Crippen MR) is 149 cm³/mol. The van der Waals surface area contributed by atoms with Gasteiger partial charge in [-0.15, -0.1) is 0 Å². The highest BCUT2D eigenvalue weighted by Gasteiger charge is 2.45. The number of carbonyl (C=O) groups excluding carboxylic acids is 4. The SMILES string of the molecule is CC(=O)N(CCNC(=O)c1cccc(C(=O)NCCN(CC(P(=O)(O)O)P(=O)(O)O)C(C)=O)n1)CC(P(=O)(O)O)P(=O)(O)O. The Hall–Kier alpha value is -2.37. The normalized spacial score (nSPS) is 12.6. The van der Waals surface area contributed by atoms with Crippen LogP contribution < -0.4 is 10.6 Å². The minimum Gasteiger partial charge on any atom is -0.349 e. The van der Waals surface area contributed by atoms with Crippen molar-refractivity contribution in [2.24, 2.45) is 0 Å². The maximum Gasteiger partial charge on any atom is 0.342 e.